The maximum absolute atomic E-state index is 9.11. The van der Waals surface area contributed by atoms with Crippen LogP contribution in [0.1, 0.15) is 6.92 Å². The summed E-state index contributed by atoms with van der Waals surface area (Å²) >= 11 is 5.08. The average Bonchev–Trinajstić information content (AvgIpc) is 2.50. The van der Waals surface area contributed by atoms with E-state index >= 15 is 0 Å². The number of halogens is 1. The number of aliphatic hydroxyl groups excluding tert-OH is 1. The second kappa shape index (κ2) is 7.63. The highest BCUT2D eigenvalue weighted by molar-refractivity contribution is 9.10. The zero-order valence-corrected chi connectivity index (χ0v) is 14.2. The van der Waals surface area contributed by atoms with E-state index in [1.807, 2.05) is 37.4 Å². The van der Waals surface area contributed by atoms with Crippen LogP contribution in [0.25, 0.3) is 0 Å². The van der Waals surface area contributed by atoms with Crippen molar-refractivity contribution in [2.24, 2.45) is 0 Å². The lowest BCUT2D eigenvalue weighted by Gasteiger charge is -2.14. The number of nitrogens with one attached hydrogen (secondary N) is 2. The van der Waals surface area contributed by atoms with Gasteiger partial charge in [0.15, 0.2) is 0 Å². The summed E-state index contributed by atoms with van der Waals surface area (Å²) < 4.78 is 0.756. The molecule has 1 aromatic carbocycles. The Kier molecular flexibility index (Phi) is 5.84. The van der Waals surface area contributed by atoms with Crippen molar-refractivity contribution in [3.05, 3.63) is 34.9 Å². The second-order valence-corrected chi connectivity index (χ2v) is 6.21. The van der Waals surface area contributed by atoms with Gasteiger partial charge < -0.3 is 15.7 Å². The highest BCUT2D eigenvalue weighted by Gasteiger charge is 2.08. The van der Waals surface area contributed by atoms with Crippen molar-refractivity contribution in [1.29, 1.82) is 0 Å². The standard InChI is InChI=1S/C14H17BrN4OS/c1-9(8-20)17-13-12(15)7-16-14(19-13)18-10-4-3-5-11(6-10)21-2/h3-7,9,20H,8H2,1-2H3,(H2,16,17,18,19). The van der Waals surface area contributed by atoms with Crippen molar-refractivity contribution in [2.75, 3.05) is 23.5 Å². The monoisotopic (exact) mass is 368 g/mol. The molecule has 0 aliphatic heterocycles. The Morgan fingerprint density at radius 3 is 2.95 bits per heavy atom. The molecule has 0 spiro atoms. The summed E-state index contributed by atoms with van der Waals surface area (Å²) in [6.45, 7) is 1.92. The molecule has 2 rings (SSSR count). The van der Waals surface area contributed by atoms with Gasteiger partial charge in [-0.25, -0.2) is 4.98 Å². The average molecular weight is 369 g/mol. The smallest absolute Gasteiger partial charge is 0.229 e. The number of hydrogen-bond acceptors (Lipinski definition) is 6. The molecular formula is C14H17BrN4OS. The fourth-order valence-corrected chi connectivity index (χ4v) is 2.40. The number of thioether (sulfide) groups is 1. The van der Waals surface area contributed by atoms with Gasteiger partial charge in [0.1, 0.15) is 5.82 Å². The summed E-state index contributed by atoms with van der Waals surface area (Å²) in [5.41, 5.74) is 0.935. The van der Waals surface area contributed by atoms with Crippen LogP contribution < -0.4 is 10.6 Å². The lowest BCUT2D eigenvalue weighted by molar-refractivity contribution is 0.281. The van der Waals surface area contributed by atoms with Crippen LogP contribution in [-0.4, -0.2) is 34.0 Å². The van der Waals surface area contributed by atoms with Crippen LogP contribution in [0.4, 0.5) is 17.5 Å². The third kappa shape index (κ3) is 4.59. The van der Waals surface area contributed by atoms with Gasteiger partial charge in [-0.1, -0.05) is 6.07 Å². The molecule has 0 saturated carbocycles. The van der Waals surface area contributed by atoms with Crippen LogP contribution in [0.15, 0.2) is 39.8 Å². The van der Waals surface area contributed by atoms with E-state index in [4.69, 9.17) is 5.11 Å². The first-order chi connectivity index (χ1) is 10.1. The maximum atomic E-state index is 9.11. The predicted octanol–water partition coefficient (Wildman–Crippen LogP) is 3.50. The molecule has 3 N–H and O–H groups in total. The largest absolute Gasteiger partial charge is 0.394 e. The van der Waals surface area contributed by atoms with Gasteiger partial charge in [0.2, 0.25) is 5.95 Å². The highest BCUT2D eigenvalue weighted by Crippen LogP contribution is 2.24. The van der Waals surface area contributed by atoms with Gasteiger partial charge in [-0.15, -0.1) is 11.8 Å². The van der Waals surface area contributed by atoms with E-state index in [2.05, 4.69) is 36.5 Å². The molecule has 0 aliphatic rings. The Morgan fingerprint density at radius 1 is 1.43 bits per heavy atom. The van der Waals surface area contributed by atoms with Crippen LogP contribution in [0.2, 0.25) is 0 Å². The van der Waals surface area contributed by atoms with Crippen LogP contribution in [0.3, 0.4) is 0 Å². The lowest BCUT2D eigenvalue weighted by Crippen LogP contribution is -2.20. The molecule has 0 aliphatic carbocycles. The minimum absolute atomic E-state index is 0.0367. The van der Waals surface area contributed by atoms with Crippen molar-refractivity contribution < 1.29 is 5.11 Å². The molecule has 1 heterocycles. The van der Waals surface area contributed by atoms with E-state index in [1.165, 1.54) is 4.90 Å². The number of benzene rings is 1. The lowest BCUT2D eigenvalue weighted by atomic mass is 10.3. The molecule has 0 bridgehead atoms. The second-order valence-electron chi connectivity index (χ2n) is 4.48. The van der Waals surface area contributed by atoms with Crippen LogP contribution in [0, 0.1) is 0 Å². The summed E-state index contributed by atoms with van der Waals surface area (Å²) in [5.74, 6) is 1.15. The summed E-state index contributed by atoms with van der Waals surface area (Å²) in [5, 5.41) is 15.4. The normalized spacial score (nSPS) is 12.0. The summed E-state index contributed by atoms with van der Waals surface area (Å²) in [6.07, 6.45) is 3.72. The third-order valence-corrected chi connectivity index (χ3v) is 4.03. The fourth-order valence-electron chi connectivity index (χ4n) is 1.64. The van der Waals surface area contributed by atoms with Gasteiger partial charge in [0, 0.05) is 22.8 Å². The molecule has 0 radical (unpaired) electrons. The highest BCUT2D eigenvalue weighted by atomic mass is 79.9. The van der Waals surface area contributed by atoms with Crippen molar-refractivity contribution in [2.45, 2.75) is 17.9 Å². The zero-order chi connectivity index (χ0) is 15.2. The van der Waals surface area contributed by atoms with E-state index < -0.39 is 0 Å². The molecule has 0 saturated heterocycles. The molecule has 7 heteroatoms. The molecule has 1 unspecified atom stereocenters. The van der Waals surface area contributed by atoms with Gasteiger partial charge in [-0.2, -0.15) is 4.98 Å². The summed E-state index contributed by atoms with van der Waals surface area (Å²) in [7, 11) is 0. The van der Waals surface area contributed by atoms with Gasteiger partial charge in [-0.3, -0.25) is 0 Å². The van der Waals surface area contributed by atoms with E-state index in [0.29, 0.717) is 11.8 Å². The Morgan fingerprint density at radius 2 is 2.24 bits per heavy atom. The minimum Gasteiger partial charge on any atom is -0.394 e. The third-order valence-electron chi connectivity index (χ3n) is 2.73. The van der Waals surface area contributed by atoms with Crippen LogP contribution in [0.5, 0.6) is 0 Å². The summed E-state index contributed by atoms with van der Waals surface area (Å²) in [6, 6.07) is 7.96. The SMILES string of the molecule is CSc1cccc(Nc2ncc(Br)c(NC(C)CO)n2)c1. The van der Waals surface area contributed by atoms with Gasteiger partial charge >= 0.3 is 0 Å². The maximum Gasteiger partial charge on any atom is 0.229 e. The molecule has 0 fully saturated rings. The first-order valence-electron chi connectivity index (χ1n) is 6.43. The number of anilines is 3. The Hall–Kier alpha value is -1.31. The minimum atomic E-state index is -0.0798. The van der Waals surface area contributed by atoms with Crippen molar-refractivity contribution >= 4 is 45.1 Å². The Labute approximate surface area is 136 Å². The van der Waals surface area contributed by atoms with E-state index in [-0.39, 0.29) is 12.6 Å². The number of hydrogen-bond donors (Lipinski definition) is 3. The molecule has 0 amide bonds. The van der Waals surface area contributed by atoms with Crippen molar-refractivity contribution in [3.63, 3.8) is 0 Å². The van der Waals surface area contributed by atoms with Gasteiger partial charge in [0.05, 0.1) is 11.1 Å². The van der Waals surface area contributed by atoms with Crippen molar-refractivity contribution in [1.82, 2.24) is 9.97 Å². The number of rotatable bonds is 6. The van der Waals surface area contributed by atoms with E-state index in [0.717, 1.165) is 10.2 Å². The number of nitrogens with zero attached hydrogens (tertiary/aromatic N) is 2. The number of aliphatic hydroxyl groups is 1. The molecular weight excluding hydrogens is 352 g/mol. The summed E-state index contributed by atoms with van der Waals surface area (Å²) in [4.78, 5) is 9.83. The molecule has 1 atom stereocenters. The molecule has 1 aromatic heterocycles. The van der Waals surface area contributed by atoms with Gasteiger partial charge in [0.25, 0.3) is 0 Å². The first kappa shape index (κ1) is 16.1. The zero-order valence-electron chi connectivity index (χ0n) is 11.8. The molecule has 112 valence electrons. The van der Waals surface area contributed by atoms with Crippen LogP contribution in [-0.2, 0) is 0 Å². The quantitative estimate of drug-likeness (QED) is 0.677. The topological polar surface area (TPSA) is 70.1 Å². The molecule has 5 nitrogen and oxygen atoms in total. The predicted molar refractivity (Wildman–Crippen MR) is 91.4 cm³/mol. The van der Waals surface area contributed by atoms with Crippen molar-refractivity contribution in [3.8, 4) is 0 Å². The fraction of sp³-hybridized carbons (Fsp3) is 0.286. The Balaban J connectivity index is 2.18. The van der Waals surface area contributed by atoms with E-state index in [9.17, 15) is 0 Å². The van der Waals surface area contributed by atoms with Crippen LogP contribution >= 0.6 is 27.7 Å². The van der Waals surface area contributed by atoms with Gasteiger partial charge in [-0.05, 0) is 47.3 Å². The number of aromatic nitrogens is 2. The molecule has 21 heavy (non-hydrogen) atoms. The molecule has 2 aromatic rings. The van der Waals surface area contributed by atoms with E-state index in [1.54, 1.807) is 18.0 Å². The Bertz CT molecular complexity index is 611. The first-order valence-corrected chi connectivity index (χ1v) is 8.45.